The van der Waals surface area contributed by atoms with E-state index in [0.717, 1.165) is 35.4 Å². The molecule has 190 valence electrons. The predicted molar refractivity (Wildman–Crippen MR) is 133 cm³/mol. The molecule has 2 aromatic carbocycles. The molecule has 2 N–H and O–H groups in total. The minimum atomic E-state index is -0.466. The van der Waals surface area contributed by atoms with E-state index in [1.807, 2.05) is 17.0 Å². The summed E-state index contributed by atoms with van der Waals surface area (Å²) in [5.74, 6) is 1.09. The molecule has 0 atom stereocenters. The van der Waals surface area contributed by atoms with Crippen molar-refractivity contribution < 1.29 is 24.0 Å². The van der Waals surface area contributed by atoms with Gasteiger partial charge in [0.25, 0.3) is 0 Å². The van der Waals surface area contributed by atoms with Crippen molar-refractivity contribution in [2.24, 2.45) is 0 Å². The molecule has 10 heteroatoms. The van der Waals surface area contributed by atoms with Gasteiger partial charge in [-0.15, -0.1) is 0 Å². The van der Waals surface area contributed by atoms with E-state index >= 15 is 0 Å². The van der Waals surface area contributed by atoms with Crippen molar-refractivity contribution in [3.8, 4) is 11.5 Å². The molecular weight excluding hydrogens is 452 g/mol. The second-order valence-corrected chi connectivity index (χ2v) is 8.29. The van der Waals surface area contributed by atoms with E-state index in [2.05, 4.69) is 0 Å². The number of amides is 2. The first kappa shape index (κ1) is 27.4. The van der Waals surface area contributed by atoms with E-state index in [-0.39, 0.29) is 30.7 Å². The number of nitrogens with zero attached hydrogens (tertiary/aromatic N) is 3. The highest BCUT2D eigenvalue weighted by atomic mass is 16.6. The van der Waals surface area contributed by atoms with Crippen molar-refractivity contribution in [3.63, 3.8) is 0 Å². The van der Waals surface area contributed by atoms with Gasteiger partial charge in [-0.05, 0) is 53.3 Å². The molecule has 35 heavy (non-hydrogen) atoms. The number of anilines is 1. The van der Waals surface area contributed by atoms with Gasteiger partial charge in [0.1, 0.15) is 5.75 Å². The number of nitrogens with two attached hydrogens (primary N) is 1. The SMILES string of the molecule is C.COc1cc2c(cc1N)CN(C(C)=O)CC2.COc1cc2c(cc1[N+](=O)[O-])CN(C(C)=O)CC2. The fourth-order valence-corrected chi connectivity index (χ4v) is 4.20. The number of nitrogen functional groups attached to an aromatic ring is 1. The van der Waals surface area contributed by atoms with Crippen LogP contribution in [0.4, 0.5) is 11.4 Å². The Morgan fingerprint density at radius 1 is 0.857 bits per heavy atom. The molecule has 0 aromatic heterocycles. The van der Waals surface area contributed by atoms with Gasteiger partial charge in [-0.25, -0.2) is 0 Å². The molecule has 0 fully saturated rings. The quantitative estimate of drug-likeness (QED) is 0.400. The normalized spacial score (nSPS) is 13.8. The van der Waals surface area contributed by atoms with Crippen molar-refractivity contribution in [1.82, 2.24) is 9.80 Å². The van der Waals surface area contributed by atoms with Gasteiger partial charge in [0, 0.05) is 46.1 Å². The Morgan fingerprint density at radius 2 is 1.31 bits per heavy atom. The maximum Gasteiger partial charge on any atom is 0.311 e. The Morgan fingerprint density at radius 3 is 1.74 bits per heavy atom. The van der Waals surface area contributed by atoms with E-state index in [4.69, 9.17) is 15.2 Å². The molecule has 0 unspecified atom stereocenters. The maximum atomic E-state index is 11.3. The number of hydrogen-bond donors (Lipinski definition) is 1. The van der Waals surface area contributed by atoms with Crippen LogP contribution in [0.5, 0.6) is 11.5 Å². The standard InChI is InChI=1S/C12H14N2O4.C12H16N2O2.CH4/c1-8(15)13-4-3-9-6-12(18-2)11(14(16)17)5-10(9)7-13;1-8(15)14-4-3-9-6-12(16-2)11(13)5-10(9)7-14;/h5-6H,3-4,7H2,1-2H3;5-6H,3-4,7,13H2,1-2H3;1H4. The average Bonchev–Trinajstić information content (AvgIpc) is 2.82. The van der Waals surface area contributed by atoms with Crippen molar-refractivity contribution in [2.75, 3.05) is 33.0 Å². The van der Waals surface area contributed by atoms with E-state index < -0.39 is 4.92 Å². The Balaban J connectivity index is 0.000000241. The molecule has 0 bridgehead atoms. The number of benzene rings is 2. The third-order valence-corrected chi connectivity index (χ3v) is 6.16. The summed E-state index contributed by atoms with van der Waals surface area (Å²) in [5.41, 5.74) is 10.6. The number of rotatable bonds is 3. The lowest BCUT2D eigenvalue weighted by Gasteiger charge is -2.28. The van der Waals surface area contributed by atoms with E-state index in [9.17, 15) is 19.7 Å². The van der Waals surface area contributed by atoms with Crippen LogP contribution >= 0.6 is 0 Å². The first-order valence-corrected chi connectivity index (χ1v) is 10.9. The Kier molecular flexibility index (Phi) is 9.05. The van der Waals surface area contributed by atoms with E-state index in [1.165, 1.54) is 25.7 Å². The summed E-state index contributed by atoms with van der Waals surface area (Å²) < 4.78 is 10.2. The Bertz CT molecular complexity index is 1120. The van der Waals surface area contributed by atoms with Crippen LogP contribution in [-0.2, 0) is 35.5 Å². The first-order valence-electron chi connectivity index (χ1n) is 10.9. The van der Waals surface area contributed by atoms with Crippen LogP contribution in [-0.4, -0.2) is 53.8 Å². The van der Waals surface area contributed by atoms with Crippen LogP contribution in [0.1, 0.15) is 43.5 Å². The molecule has 0 saturated heterocycles. The summed E-state index contributed by atoms with van der Waals surface area (Å²) in [7, 11) is 3.03. The molecule has 10 nitrogen and oxygen atoms in total. The van der Waals surface area contributed by atoms with E-state index in [0.29, 0.717) is 31.7 Å². The summed E-state index contributed by atoms with van der Waals surface area (Å²) in [6.07, 6.45) is 1.56. The summed E-state index contributed by atoms with van der Waals surface area (Å²) in [6, 6.07) is 7.08. The Labute approximate surface area is 205 Å². The van der Waals surface area contributed by atoms with Crippen LogP contribution in [0.2, 0.25) is 0 Å². The molecular formula is C25H34N4O6. The van der Waals surface area contributed by atoms with Gasteiger partial charge in [0.15, 0.2) is 5.75 Å². The second kappa shape index (κ2) is 11.5. The third-order valence-electron chi connectivity index (χ3n) is 6.16. The van der Waals surface area contributed by atoms with Crippen LogP contribution in [0, 0.1) is 10.1 Å². The minimum absolute atomic E-state index is 0. The monoisotopic (exact) mass is 486 g/mol. The number of nitro benzene ring substituents is 1. The summed E-state index contributed by atoms with van der Waals surface area (Å²) >= 11 is 0. The van der Waals surface area contributed by atoms with Gasteiger partial charge >= 0.3 is 5.69 Å². The zero-order valence-corrected chi connectivity index (χ0v) is 19.9. The highest BCUT2D eigenvalue weighted by Crippen LogP contribution is 2.33. The molecule has 0 aliphatic carbocycles. The molecule has 0 saturated carbocycles. The molecule has 2 amide bonds. The van der Waals surface area contributed by atoms with Crippen LogP contribution in [0.15, 0.2) is 24.3 Å². The summed E-state index contributed by atoms with van der Waals surface area (Å²) in [4.78, 5) is 36.6. The number of ether oxygens (including phenoxy) is 2. The number of nitro groups is 1. The van der Waals surface area contributed by atoms with Gasteiger partial charge in [0.2, 0.25) is 11.8 Å². The smallest absolute Gasteiger partial charge is 0.311 e. The topological polar surface area (TPSA) is 128 Å². The highest BCUT2D eigenvalue weighted by molar-refractivity contribution is 5.74. The first-order chi connectivity index (χ1) is 16.1. The lowest BCUT2D eigenvalue weighted by molar-refractivity contribution is -0.385. The molecule has 2 aromatic rings. The minimum Gasteiger partial charge on any atom is -0.495 e. The summed E-state index contributed by atoms with van der Waals surface area (Å²) in [5, 5.41) is 10.9. The number of methoxy groups -OCH3 is 2. The Hall–Kier alpha value is -3.82. The molecule has 2 aliphatic rings. The van der Waals surface area contributed by atoms with Crippen LogP contribution in [0.3, 0.4) is 0 Å². The average molecular weight is 487 g/mol. The van der Waals surface area contributed by atoms with Crippen molar-refractivity contribution >= 4 is 23.2 Å². The maximum absolute atomic E-state index is 11.3. The number of hydrogen-bond acceptors (Lipinski definition) is 7. The lowest BCUT2D eigenvalue weighted by atomic mass is 9.98. The van der Waals surface area contributed by atoms with Gasteiger partial charge in [-0.1, -0.05) is 7.43 Å². The van der Waals surface area contributed by atoms with Gasteiger partial charge < -0.3 is 25.0 Å². The number of carbonyl (C=O) groups excluding carboxylic acids is 2. The zero-order valence-electron chi connectivity index (χ0n) is 19.9. The van der Waals surface area contributed by atoms with E-state index in [1.54, 1.807) is 25.0 Å². The van der Waals surface area contributed by atoms with Crippen molar-refractivity contribution in [1.29, 1.82) is 0 Å². The summed E-state index contributed by atoms with van der Waals surface area (Å²) in [6.45, 7) is 5.59. The number of carbonyl (C=O) groups is 2. The fourth-order valence-electron chi connectivity index (χ4n) is 4.20. The largest absolute Gasteiger partial charge is 0.495 e. The van der Waals surface area contributed by atoms with Gasteiger partial charge in [-0.2, -0.15) is 0 Å². The van der Waals surface area contributed by atoms with Gasteiger partial charge in [-0.3, -0.25) is 19.7 Å². The molecule has 0 spiro atoms. The highest BCUT2D eigenvalue weighted by Gasteiger charge is 2.24. The predicted octanol–water partition coefficient (Wildman–Crippen LogP) is 3.33. The van der Waals surface area contributed by atoms with Crippen LogP contribution in [0.25, 0.3) is 0 Å². The zero-order chi connectivity index (χ0) is 25.0. The lowest BCUT2D eigenvalue weighted by Crippen LogP contribution is -2.34. The molecule has 4 rings (SSSR count). The van der Waals surface area contributed by atoms with Crippen molar-refractivity contribution in [3.05, 3.63) is 56.6 Å². The molecule has 0 radical (unpaired) electrons. The van der Waals surface area contributed by atoms with Gasteiger partial charge in [0.05, 0.1) is 24.8 Å². The van der Waals surface area contributed by atoms with Crippen molar-refractivity contribution in [2.45, 2.75) is 47.2 Å². The fraction of sp³-hybridized carbons (Fsp3) is 0.440. The molecule has 2 heterocycles. The van der Waals surface area contributed by atoms with Crippen LogP contribution < -0.4 is 15.2 Å². The molecule has 2 aliphatic heterocycles. The second-order valence-electron chi connectivity index (χ2n) is 8.29. The number of fused-ring (bicyclic) bond motifs is 2. The third kappa shape index (κ3) is 6.20.